The summed E-state index contributed by atoms with van der Waals surface area (Å²) in [7, 11) is 0. The summed E-state index contributed by atoms with van der Waals surface area (Å²) in [6.07, 6.45) is -1.22. The van der Waals surface area contributed by atoms with Crippen LogP contribution in [0.1, 0.15) is 34.4 Å². The Kier molecular flexibility index (Phi) is 6.68. The van der Waals surface area contributed by atoms with E-state index < -0.39 is 28.6 Å². The van der Waals surface area contributed by atoms with Crippen LogP contribution in [0.5, 0.6) is 0 Å². The molecule has 4 aromatic heterocycles. The van der Waals surface area contributed by atoms with Gasteiger partial charge in [-0.15, -0.1) is 11.3 Å². The standard InChI is InChI=1S/C21H19F3N8O4S/c1-3-30-9-13(10(2)29-30)12-6-14(21(22,23)24)27-20-16(12)17(18(37-20)19(25)34)28-15(33)4-5-31-8-11(7-26-31)32(35)36/h6-9H,3-5H2,1-2H3,(H2,25,34)(H,28,33). The van der Waals surface area contributed by atoms with Gasteiger partial charge in [0, 0.05) is 36.7 Å². The van der Waals surface area contributed by atoms with Crippen molar-refractivity contribution >= 4 is 44.7 Å². The number of carbonyl (C=O) groups is 2. The number of aromatic nitrogens is 5. The number of anilines is 1. The van der Waals surface area contributed by atoms with Gasteiger partial charge in [-0.2, -0.15) is 23.4 Å². The number of rotatable bonds is 8. The number of nitrogens with two attached hydrogens (primary N) is 1. The van der Waals surface area contributed by atoms with Crippen molar-refractivity contribution < 1.29 is 27.7 Å². The molecule has 16 heteroatoms. The molecule has 0 aliphatic rings. The number of carbonyl (C=O) groups excluding carboxylic acids is 2. The second kappa shape index (κ2) is 9.61. The van der Waals surface area contributed by atoms with E-state index in [2.05, 4.69) is 20.5 Å². The molecular formula is C21H19F3N8O4S. The second-order valence-corrected chi connectivity index (χ2v) is 8.90. The highest BCUT2D eigenvalue weighted by Gasteiger charge is 2.35. The van der Waals surface area contributed by atoms with Crippen LogP contribution in [0.3, 0.4) is 0 Å². The number of thiophene rings is 1. The first-order chi connectivity index (χ1) is 17.4. The van der Waals surface area contributed by atoms with Crippen LogP contribution in [0.2, 0.25) is 0 Å². The first-order valence-electron chi connectivity index (χ1n) is 10.7. The highest BCUT2D eigenvalue weighted by atomic mass is 32.1. The fourth-order valence-corrected chi connectivity index (χ4v) is 4.69. The number of fused-ring (bicyclic) bond motifs is 1. The van der Waals surface area contributed by atoms with E-state index in [-0.39, 0.29) is 45.0 Å². The Morgan fingerprint density at radius 3 is 2.54 bits per heavy atom. The number of hydrogen-bond acceptors (Lipinski definition) is 8. The van der Waals surface area contributed by atoms with Gasteiger partial charge in [0.05, 0.1) is 16.3 Å². The maximum atomic E-state index is 13.7. The molecule has 4 aromatic rings. The molecule has 0 aliphatic carbocycles. The lowest BCUT2D eigenvalue weighted by Crippen LogP contribution is -2.18. The van der Waals surface area contributed by atoms with Gasteiger partial charge in [0.25, 0.3) is 5.91 Å². The Balaban J connectivity index is 1.80. The smallest absolute Gasteiger partial charge is 0.365 e. The van der Waals surface area contributed by atoms with Crippen LogP contribution in [0.25, 0.3) is 21.3 Å². The van der Waals surface area contributed by atoms with E-state index in [1.807, 2.05) is 6.92 Å². The largest absolute Gasteiger partial charge is 0.433 e. The number of aryl methyl sites for hydroxylation is 3. The number of nitrogens with zero attached hydrogens (tertiary/aromatic N) is 6. The van der Waals surface area contributed by atoms with E-state index in [1.54, 1.807) is 17.8 Å². The van der Waals surface area contributed by atoms with Crippen molar-refractivity contribution in [3.8, 4) is 11.1 Å². The Bertz CT molecular complexity index is 1540. The van der Waals surface area contributed by atoms with Gasteiger partial charge in [0.1, 0.15) is 27.8 Å². The van der Waals surface area contributed by atoms with E-state index in [9.17, 15) is 32.9 Å². The Morgan fingerprint density at radius 2 is 1.97 bits per heavy atom. The topological polar surface area (TPSA) is 164 Å². The van der Waals surface area contributed by atoms with E-state index in [0.29, 0.717) is 29.1 Å². The molecule has 0 unspecified atom stereocenters. The molecule has 0 fully saturated rings. The van der Waals surface area contributed by atoms with Gasteiger partial charge in [0.15, 0.2) is 0 Å². The third-order valence-corrected chi connectivity index (χ3v) is 6.50. The second-order valence-electron chi connectivity index (χ2n) is 7.90. The fourth-order valence-electron chi connectivity index (χ4n) is 3.68. The summed E-state index contributed by atoms with van der Waals surface area (Å²) in [4.78, 5) is 38.6. The maximum Gasteiger partial charge on any atom is 0.433 e. The molecule has 0 saturated heterocycles. The lowest BCUT2D eigenvalue weighted by molar-refractivity contribution is -0.385. The van der Waals surface area contributed by atoms with Crippen LogP contribution < -0.4 is 11.1 Å². The fraction of sp³-hybridized carbons (Fsp3) is 0.286. The number of nitrogens with one attached hydrogen (secondary N) is 1. The summed E-state index contributed by atoms with van der Waals surface area (Å²) < 4.78 is 43.8. The lowest BCUT2D eigenvalue weighted by Gasteiger charge is -2.12. The van der Waals surface area contributed by atoms with Gasteiger partial charge in [-0.3, -0.25) is 29.1 Å². The first kappa shape index (κ1) is 25.7. The SMILES string of the molecule is CCn1cc(-c2cc(C(F)(F)F)nc3sc(C(N)=O)c(NC(=O)CCn4cc([N+](=O)[O-])cn4)c23)c(C)n1. The molecule has 0 spiro atoms. The summed E-state index contributed by atoms with van der Waals surface area (Å²) in [6, 6.07) is 0.850. The number of nitro groups is 1. The number of primary amides is 1. The third kappa shape index (κ3) is 5.13. The van der Waals surface area contributed by atoms with Crippen molar-refractivity contribution in [2.45, 2.75) is 39.5 Å². The zero-order valence-corrected chi connectivity index (χ0v) is 20.2. The summed E-state index contributed by atoms with van der Waals surface area (Å²) >= 11 is 0.632. The number of alkyl halides is 3. The molecule has 2 amide bonds. The summed E-state index contributed by atoms with van der Waals surface area (Å²) in [5.74, 6) is -1.58. The molecule has 0 atom stereocenters. The molecule has 3 N–H and O–H groups in total. The van der Waals surface area contributed by atoms with Crippen molar-refractivity contribution in [3.63, 3.8) is 0 Å². The van der Waals surface area contributed by atoms with Crippen molar-refractivity contribution in [3.05, 3.63) is 51.0 Å². The Labute approximate surface area is 210 Å². The maximum absolute atomic E-state index is 13.7. The van der Waals surface area contributed by atoms with E-state index in [0.717, 1.165) is 18.5 Å². The molecule has 0 bridgehead atoms. The molecule has 194 valence electrons. The molecule has 37 heavy (non-hydrogen) atoms. The van der Waals surface area contributed by atoms with Gasteiger partial charge >= 0.3 is 11.9 Å². The normalized spacial score (nSPS) is 11.7. The summed E-state index contributed by atoms with van der Waals surface area (Å²) in [5.41, 5.74) is 4.89. The zero-order valence-electron chi connectivity index (χ0n) is 19.4. The highest BCUT2D eigenvalue weighted by molar-refractivity contribution is 7.21. The van der Waals surface area contributed by atoms with Gasteiger partial charge in [-0.05, 0) is 25.5 Å². The minimum absolute atomic E-state index is 0.0284. The Morgan fingerprint density at radius 1 is 1.24 bits per heavy atom. The first-order valence-corrected chi connectivity index (χ1v) is 11.6. The van der Waals surface area contributed by atoms with Crippen molar-refractivity contribution in [1.82, 2.24) is 24.5 Å². The van der Waals surface area contributed by atoms with Crippen LogP contribution in [0.4, 0.5) is 24.5 Å². The van der Waals surface area contributed by atoms with Crippen LogP contribution >= 0.6 is 11.3 Å². The zero-order chi connectivity index (χ0) is 27.1. The molecule has 0 radical (unpaired) electrons. The van der Waals surface area contributed by atoms with E-state index in [1.165, 1.54) is 4.68 Å². The number of amides is 2. The van der Waals surface area contributed by atoms with Crippen LogP contribution in [0, 0.1) is 17.0 Å². The monoisotopic (exact) mass is 536 g/mol. The number of pyridine rings is 1. The van der Waals surface area contributed by atoms with Crippen molar-refractivity contribution in [1.29, 1.82) is 0 Å². The molecule has 0 aromatic carbocycles. The quantitative estimate of drug-likeness (QED) is 0.256. The van der Waals surface area contributed by atoms with Crippen molar-refractivity contribution in [2.24, 2.45) is 5.73 Å². The average Bonchev–Trinajstić information content (AvgIpc) is 3.53. The minimum atomic E-state index is -4.77. The van der Waals surface area contributed by atoms with Gasteiger partial charge in [-0.25, -0.2) is 4.98 Å². The van der Waals surface area contributed by atoms with Gasteiger partial charge in [0.2, 0.25) is 5.91 Å². The highest BCUT2D eigenvalue weighted by Crippen LogP contribution is 2.44. The van der Waals surface area contributed by atoms with Gasteiger partial charge in [-0.1, -0.05) is 0 Å². The molecule has 0 saturated carbocycles. The van der Waals surface area contributed by atoms with E-state index in [4.69, 9.17) is 5.73 Å². The number of halogens is 3. The van der Waals surface area contributed by atoms with Crippen LogP contribution in [0.15, 0.2) is 24.7 Å². The lowest BCUT2D eigenvalue weighted by atomic mass is 10.0. The van der Waals surface area contributed by atoms with Gasteiger partial charge < -0.3 is 11.1 Å². The molecule has 4 rings (SSSR count). The molecule has 12 nitrogen and oxygen atoms in total. The number of hydrogen-bond donors (Lipinski definition) is 2. The average molecular weight is 536 g/mol. The van der Waals surface area contributed by atoms with Crippen LogP contribution in [-0.2, 0) is 24.1 Å². The molecular weight excluding hydrogens is 517 g/mol. The van der Waals surface area contributed by atoms with Crippen LogP contribution in [-0.4, -0.2) is 41.3 Å². The van der Waals surface area contributed by atoms with Crippen molar-refractivity contribution in [2.75, 3.05) is 5.32 Å². The predicted molar refractivity (Wildman–Crippen MR) is 127 cm³/mol. The molecule has 0 aliphatic heterocycles. The molecule has 4 heterocycles. The predicted octanol–water partition coefficient (Wildman–Crippen LogP) is 3.74. The minimum Gasteiger partial charge on any atom is -0.365 e. The van der Waals surface area contributed by atoms with E-state index >= 15 is 0 Å². The summed E-state index contributed by atoms with van der Waals surface area (Å²) in [5, 5.41) is 21.6. The Hall–Kier alpha value is -4.34. The summed E-state index contributed by atoms with van der Waals surface area (Å²) in [6.45, 7) is 3.88. The third-order valence-electron chi connectivity index (χ3n) is 5.40.